The zero-order valence-electron chi connectivity index (χ0n) is 6.53. The molecule has 0 radical (unpaired) electrons. The third-order valence-corrected chi connectivity index (χ3v) is 1.52. The Bertz CT molecular complexity index is 329. The number of ether oxygens (including phenoxy) is 1. The Balaban J connectivity index is 3.09. The van der Waals surface area contributed by atoms with Crippen molar-refractivity contribution in [1.82, 2.24) is 0 Å². The molecule has 2 N–H and O–H groups in total. The fourth-order valence-corrected chi connectivity index (χ4v) is 1.05. The lowest BCUT2D eigenvalue weighted by Gasteiger charge is -2.11. The van der Waals surface area contributed by atoms with Crippen molar-refractivity contribution in [2.75, 3.05) is 5.73 Å². The van der Waals surface area contributed by atoms with Crippen LogP contribution in [0.1, 0.15) is 0 Å². The van der Waals surface area contributed by atoms with Crippen molar-refractivity contribution in [3.8, 4) is 5.75 Å². The minimum atomic E-state index is -4.99. The van der Waals surface area contributed by atoms with Crippen LogP contribution in [-0.2, 0) is 0 Å². The van der Waals surface area contributed by atoms with Gasteiger partial charge in [-0.3, -0.25) is 0 Å². The van der Waals surface area contributed by atoms with Gasteiger partial charge in [-0.05, 0) is 6.07 Å². The minimum absolute atomic E-state index is 0.0815. The first-order chi connectivity index (χ1) is 6.29. The van der Waals surface area contributed by atoms with Gasteiger partial charge in [0.25, 0.3) is 0 Å². The smallest absolute Gasteiger partial charge is 0.401 e. The summed E-state index contributed by atoms with van der Waals surface area (Å²) in [6.45, 7) is 0. The predicted octanol–water partition coefficient (Wildman–Crippen LogP) is 2.96. The molecule has 0 atom stereocenters. The molecule has 0 spiro atoms. The number of rotatable bonds is 1. The standard InChI is InChI=1S/C7H4ClF4NO/c8-4-1-3(13)2-5(9)6(4)14-7(10,11)12/h1-2H,13H2. The molecule has 0 aromatic heterocycles. The highest BCUT2D eigenvalue weighted by Crippen LogP contribution is 2.34. The monoisotopic (exact) mass is 229 g/mol. The van der Waals surface area contributed by atoms with Crippen molar-refractivity contribution >= 4 is 17.3 Å². The summed E-state index contributed by atoms with van der Waals surface area (Å²) >= 11 is 5.30. The molecule has 0 aliphatic carbocycles. The van der Waals surface area contributed by atoms with Crippen LogP contribution in [0.4, 0.5) is 23.2 Å². The number of halogens is 5. The van der Waals surface area contributed by atoms with Gasteiger partial charge in [0.15, 0.2) is 11.6 Å². The number of alkyl halides is 3. The Labute approximate surface area is 81.2 Å². The highest BCUT2D eigenvalue weighted by Gasteiger charge is 2.33. The number of hydrogen-bond acceptors (Lipinski definition) is 2. The van der Waals surface area contributed by atoms with Crippen LogP contribution in [0.3, 0.4) is 0 Å². The van der Waals surface area contributed by atoms with Crippen molar-refractivity contribution in [2.45, 2.75) is 6.36 Å². The molecule has 1 aromatic rings. The molecule has 0 heterocycles. The van der Waals surface area contributed by atoms with Gasteiger partial charge >= 0.3 is 6.36 Å². The minimum Gasteiger partial charge on any atom is -0.401 e. The summed E-state index contributed by atoms with van der Waals surface area (Å²) in [6.07, 6.45) is -4.99. The Morgan fingerprint density at radius 3 is 2.29 bits per heavy atom. The van der Waals surface area contributed by atoms with E-state index in [-0.39, 0.29) is 5.69 Å². The van der Waals surface area contributed by atoms with Gasteiger partial charge in [0.2, 0.25) is 0 Å². The van der Waals surface area contributed by atoms with Crippen molar-refractivity contribution in [2.24, 2.45) is 0 Å². The number of nitrogen functional groups attached to an aromatic ring is 1. The summed E-state index contributed by atoms with van der Waals surface area (Å²) in [6, 6.07) is 1.65. The van der Waals surface area contributed by atoms with E-state index in [1.165, 1.54) is 0 Å². The summed E-state index contributed by atoms with van der Waals surface area (Å²) in [7, 11) is 0. The van der Waals surface area contributed by atoms with Crippen molar-refractivity contribution in [3.63, 3.8) is 0 Å². The number of benzene rings is 1. The van der Waals surface area contributed by atoms with Crippen LogP contribution >= 0.6 is 11.6 Å². The van der Waals surface area contributed by atoms with Gasteiger partial charge in [0, 0.05) is 11.8 Å². The van der Waals surface area contributed by atoms with Gasteiger partial charge in [-0.2, -0.15) is 0 Å². The van der Waals surface area contributed by atoms with E-state index in [9.17, 15) is 17.6 Å². The molecule has 0 fully saturated rings. The third-order valence-electron chi connectivity index (χ3n) is 1.24. The number of nitrogens with two attached hydrogens (primary N) is 1. The fourth-order valence-electron chi connectivity index (χ4n) is 0.793. The van der Waals surface area contributed by atoms with Crippen molar-refractivity contribution in [3.05, 3.63) is 23.0 Å². The topological polar surface area (TPSA) is 35.2 Å². The van der Waals surface area contributed by atoms with Crippen LogP contribution < -0.4 is 10.5 Å². The lowest BCUT2D eigenvalue weighted by Crippen LogP contribution is -2.18. The first-order valence-corrected chi connectivity index (χ1v) is 3.67. The zero-order chi connectivity index (χ0) is 10.9. The van der Waals surface area contributed by atoms with Crippen LogP contribution in [0.5, 0.6) is 5.75 Å². The quantitative estimate of drug-likeness (QED) is 0.594. The maximum absolute atomic E-state index is 12.9. The first kappa shape index (κ1) is 10.9. The number of anilines is 1. The molecule has 2 nitrogen and oxygen atoms in total. The summed E-state index contributed by atoms with van der Waals surface area (Å²) in [5.74, 6) is -2.33. The van der Waals surface area contributed by atoms with Crippen LogP contribution in [0.2, 0.25) is 5.02 Å². The van der Waals surface area contributed by atoms with E-state index in [1.807, 2.05) is 0 Å². The van der Waals surface area contributed by atoms with E-state index in [0.717, 1.165) is 6.07 Å². The molecule has 0 bridgehead atoms. The summed E-state index contributed by atoms with van der Waals surface area (Å²) in [5.41, 5.74) is 5.05. The van der Waals surface area contributed by atoms with Gasteiger partial charge in [-0.1, -0.05) is 11.6 Å². The van der Waals surface area contributed by atoms with Gasteiger partial charge in [-0.25, -0.2) is 4.39 Å². The molecule has 14 heavy (non-hydrogen) atoms. The molecular weight excluding hydrogens is 226 g/mol. The fraction of sp³-hybridized carbons (Fsp3) is 0.143. The highest BCUT2D eigenvalue weighted by molar-refractivity contribution is 6.32. The largest absolute Gasteiger partial charge is 0.573 e. The third kappa shape index (κ3) is 2.66. The predicted molar refractivity (Wildman–Crippen MR) is 42.5 cm³/mol. The van der Waals surface area contributed by atoms with E-state index in [1.54, 1.807) is 0 Å². The van der Waals surface area contributed by atoms with Gasteiger partial charge < -0.3 is 10.5 Å². The van der Waals surface area contributed by atoms with Crippen LogP contribution in [0.25, 0.3) is 0 Å². The molecular formula is C7H4ClF4NO. The lowest BCUT2D eigenvalue weighted by atomic mass is 10.3. The molecule has 1 rings (SSSR count). The molecule has 0 aliphatic rings. The molecule has 0 saturated carbocycles. The molecule has 0 amide bonds. The molecule has 0 aliphatic heterocycles. The Morgan fingerprint density at radius 1 is 1.29 bits per heavy atom. The average Bonchev–Trinajstić information content (AvgIpc) is 1.95. The maximum Gasteiger partial charge on any atom is 0.573 e. The van der Waals surface area contributed by atoms with Crippen LogP contribution in [0, 0.1) is 5.82 Å². The Morgan fingerprint density at radius 2 is 1.86 bits per heavy atom. The normalized spacial score (nSPS) is 11.5. The molecule has 0 unspecified atom stereocenters. The lowest BCUT2D eigenvalue weighted by molar-refractivity contribution is -0.275. The van der Waals surface area contributed by atoms with Gasteiger partial charge in [0.05, 0.1) is 5.02 Å². The molecule has 0 saturated heterocycles. The second kappa shape index (κ2) is 3.53. The molecule has 78 valence electrons. The van der Waals surface area contributed by atoms with E-state index in [4.69, 9.17) is 17.3 Å². The zero-order valence-corrected chi connectivity index (χ0v) is 7.29. The number of hydrogen-bond donors (Lipinski definition) is 1. The van der Waals surface area contributed by atoms with Crippen molar-refractivity contribution < 1.29 is 22.3 Å². The first-order valence-electron chi connectivity index (χ1n) is 3.30. The second-order valence-corrected chi connectivity index (χ2v) is 2.77. The van der Waals surface area contributed by atoms with Crippen LogP contribution in [-0.4, -0.2) is 6.36 Å². The van der Waals surface area contributed by atoms with Gasteiger partial charge in [0.1, 0.15) is 0 Å². The maximum atomic E-state index is 12.9. The van der Waals surface area contributed by atoms with Crippen LogP contribution in [0.15, 0.2) is 12.1 Å². The average molecular weight is 230 g/mol. The van der Waals surface area contributed by atoms with E-state index < -0.39 is 23.0 Å². The van der Waals surface area contributed by atoms with Crippen molar-refractivity contribution in [1.29, 1.82) is 0 Å². The summed E-state index contributed by atoms with van der Waals surface area (Å²) < 4.78 is 51.4. The summed E-state index contributed by atoms with van der Waals surface area (Å²) in [5, 5.41) is -0.528. The van der Waals surface area contributed by atoms with E-state index >= 15 is 0 Å². The molecule has 7 heteroatoms. The Hall–Kier alpha value is -1.17. The SMILES string of the molecule is Nc1cc(F)c(OC(F)(F)F)c(Cl)c1. The highest BCUT2D eigenvalue weighted by atomic mass is 35.5. The van der Waals surface area contributed by atoms with E-state index in [0.29, 0.717) is 6.07 Å². The summed E-state index contributed by atoms with van der Waals surface area (Å²) in [4.78, 5) is 0. The Kier molecular flexibility index (Phi) is 2.75. The van der Waals surface area contributed by atoms with Gasteiger partial charge in [-0.15, -0.1) is 13.2 Å². The second-order valence-electron chi connectivity index (χ2n) is 2.36. The van der Waals surface area contributed by atoms with E-state index in [2.05, 4.69) is 4.74 Å². The molecule has 1 aromatic carbocycles.